The smallest absolute Gasteiger partial charge is 0.262 e. The van der Waals surface area contributed by atoms with Crippen LogP contribution in [0.2, 0.25) is 0 Å². The fourth-order valence-electron chi connectivity index (χ4n) is 3.62. The maximum atomic E-state index is 12.8. The summed E-state index contributed by atoms with van der Waals surface area (Å²) >= 11 is 0. The zero-order valence-electron chi connectivity index (χ0n) is 15.1. The Morgan fingerprint density at radius 1 is 1.07 bits per heavy atom. The summed E-state index contributed by atoms with van der Waals surface area (Å²) in [5.41, 5.74) is 4.01. The monoisotopic (exact) mass is 386 g/mol. The third kappa shape index (κ3) is 3.70. The van der Waals surface area contributed by atoms with Crippen LogP contribution in [0.3, 0.4) is 0 Å². The zero-order chi connectivity index (χ0) is 19.0. The van der Waals surface area contributed by atoms with Gasteiger partial charge in [0.05, 0.1) is 10.6 Å². The molecular formula is C20H22N2O4S. The molecule has 2 aromatic rings. The van der Waals surface area contributed by atoms with Gasteiger partial charge in [0.25, 0.3) is 5.91 Å². The first-order valence-electron chi connectivity index (χ1n) is 9.13. The molecule has 0 saturated carbocycles. The zero-order valence-corrected chi connectivity index (χ0v) is 15.9. The average molecular weight is 386 g/mol. The SMILES string of the molecule is CC(NS(=O)(=O)c1ccc2c(c1)NC(=O)CO2)c1ccc2c(c1)CCCC2. The molecule has 6 nitrogen and oxygen atoms in total. The fourth-order valence-corrected chi connectivity index (χ4v) is 4.88. The Labute approximate surface area is 159 Å². The molecular weight excluding hydrogens is 364 g/mol. The van der Waals surface area contributed by atoms with Gasteiger partial charge in [-0.3, -0.25) is 4.79 Å². The normalized spacial score (nSPS) is 17.3. The van der Waals surface area contributed by atoms with E-state index < -0.39 is 10.0 Å². The van der Waals surface area contributed by atoms with E-state index in [4.69, 9.17) is 4.74 Å². The third-order valence-electron chi connectivity index (χ3n) is 5.10. The fraction of sp³-hybridized carbons (Fsp3) is 0.350. The van der Waals surface area contributed by atoms with E-state index in [0.717, 1.165) is 18.4 Å². The lowest BCUT2D eigenvalue weighted by atomic mass is 9.89. The second-order valence-corrected chi connectivity index (χ2v) is 8.79. The Hall–Kier alpha value is -2.38. The van der Waals surface area contributed by atoms with Gasteiger partial charge in [-0.2, -0.15) is 0 Å². The Morgan fingerprint density at radius 2 is 1.85 bits per heavy atom. The number of rotatable bonds is 4. The Kier molecular flexibility index (Phi) is 4.65. The number of fused-ring (bicyclic) bond motifs is 2. The molecule has 1 aliphatic heterocycles. The third-order valence-corrected chi connectivity index (χ3v) is 6.64. The lowest BCUT2D eigenvalue weighted by Gasteiger charge is -2.21. The minimum atomic E-state index is -3.74. The Balaban J connectivity index is 1.56. The van der Waals surface area contributed by atoms with Crippen molar-refractivity contribution in [2.24, 2.45) is 0 Å². The van der Waals surface area contributed by atoms with Gasteiger partial charge in [-0.15, -0.1) is 0 Å². The van der Waals surface area contributed by atoms with Gasteiger partial charge in [0.2, 0.25) is 10.0 Å². The van der Waals surface area contributed by atoms with Crippen LogP contribution in [-0.4, -0.2) is 20.9 Å². The van der Waals surface area contributed by atoms with Crippen LogP contribution in [0.4, 0.5) is 5.69 Å². The maximum absolute atomic E-state index is 12.8. The van der Waals surface area contributed by atoms with Crippen molar-refractivity contribution < 1.29 is 17.9 Å². The number of aryl methyl sites for hydroxylation is 2. The van der Waals surface area contributed by atoms with Gasteiger partial charge in [-0.25, -0.2) is 13.1 Å². The van der Waals surface area contributed by atoms with Crippen LogP contribution in [0.15, 0.2) is 41.3 Å². The second kappa shape index (κ2) is 6.98. The number of amides is 1. The van der Waals surface area contributed by atoms with Crippen molar-refractivity contribution >= 4 is 21.6 Å². The van der Waals surface area contributed by atoms with E-state index in [1.807, 2.05) is 13.0 Å². The molecule has 0 bridgehead atoms. The van der Waals surface area contributed by atoms with E-state index in [-0.39, 0.29) is 23.5 Å². The molecule has 27 heavy (non-hydrogen) atoms. The van der Waals surface area contributed by atoms with Gasteiger partial charge in [0.15, 0.2) is 6.61 Å². The molecule has 0 fully saturated rings. The highest BCUT2D eigenvalue weighted by atomic mass is 32.2. The Morgan fingerprint density at radius 3 is 2.67 bits per heavy atom. The molecule has 0 radical (unpaired) electrons. The molecule has 2 N–H and O–H groups in total. The molecule has 142 valence electrons. The lowest BCUT2D eigenvalue weighted by molar-refractivity contribution is -0.118. The van der Waals surface area contributed by atoms with Gasteiger partial charge in [-0.05, 0) is 67.5 Å². The summed E-state index contributed by atoms with van der Waals surface area (Å²) in [7, 11) is -3.74. The number of carbonyl (C=O) groups excluding carboxylic acids is 1. The molecule has 1 heterocycles. The highest BCUT2D eigenvalue weighted by Gasteiger charge is 2.23. The van der Waals surface area contributed by atoms with Gasteiger partial charge >= 0.3 is 0 Å². The van der Waals surface area contributed by atoms with Crippen molar-refractivity contribution in [1.82, 2.24) is 4.72 Å². The van der Waals surface area contributed by atoms with Crippen LogP contribution in [0, 0.1) is 0 Å². The standard InChI is InChI=1S/C20H22N2O4S/c1-13(15-7-6-14-4-2-3-5-16(14)10-15)22-27(24,25)17-8-9-19-18(11-17)21-20(23)12-26-19/h6-11,13,22H,2-5,12H2,1H3,(H,21,23). The number of carbonyl (C=O) groups is 1. The molecule has 0 spiro atoms. The van der Waals surface area contributed by atoms with Gasteiger partial charge in [-0.1, -0.05) is 18.2 Å². The number of sulfonamides is 1. The second-order valence-electron chi connectivity index (χ2n) is 7.07. The van der Waals surface area contributed by atoms with Crippen molar-refractivity contribution in [2.45, 2.75) is 43.5 Å². The van der Waals surface area contributed by atoms with Gasteiger partial charge < -0.3 is 10.1 Å². The van der Waals surface area contributed by atoms with E-state index in [0.29, 0.717) is 11.4 Å². The minimum Gasteiger partial charge on any atom is -0.482 e. The highest BCUT2D eigenvalue weighted by Crippen LogP contribution is 2.31. The molecule has 4 rings (SSSR count). The molecule has 1 amide bonds. The summed E-state index contributed by atoms with van der Waals surface area (Å²) in [5.74, 6) is 0.170. The van der Waals surface area contributed by atoms with Crippen LogP contribution in [0.25, 0.3) is 0 Å². The van der Waals surface area contributed by atoms with E-state index in [2.05, 4.69) is 22.2 Å². The van der Waals surface area contributed by atoms with Crippen molar-refractivity contribution in [2.75, 3.05) is 11.9 Å². The van der Waals surface area contributed by atoms with Gasteiger partial charge in [0.1, 0.15) is 5.75 Å². The largest absolute Gasteiger partial charge is 0.482 e. The van der Waals surface area contributed by atoms with Crippen LogP contribution >= 0.6 is 0 Å². The minimum absolute atomic E-state index is 0.0628. The lowest BCUT2D eigenvalue weighted by Crippen LogP contribution is -2.28. The molecule has 7 heteroatoms. The first-order chi connectivity index (χ1) is 12.9. The molecule has 1 aliphatic carbocycles. The average Bonchev–Trinajstić information content (AvgIpc) is 2.66. The van der Waals surface area contributed by atoms with E-state index in [9.17, 15) is 13.2 Å². The van der Waals surface area contributed by atoms with Crippen molar-refractivity contribution in [3.05, 3.63) is 53.1 Å². The predicted octanol–water partition coefficient (Wildman–Crippen LogP) is 2.94. The van der Waals surface area contributed by atoms with Crippen molar-refractivity contribution in [1.29, 1.82) is 0 Å². The molecule has 0 saturated heterocycles. The summed E-state index contributed by atoms with van der Waals surface area (Å²) in [6.45, 7) is 1.78. The number of benzene rings is 2. The van der Waals surface area contributed by atoms with Crippen LogP contribution < -0.4 is 14.8 Å². The molecule has 2 aliphatic rings. The van der Waals surface area contributed by atoms with Crippen LogP contribution in [0.5, 0.6) is 5.75 Å². The summed E-state index contributed by atoms with van der Waals surface area (Å²) < 4.78 is 33.6. The first-order valence-corrected chi connectivity index (χ1v) is 10.6. The van der Waals surface area contributed by atoms with Crippen molar-refractivity contribution in [3.8, 4) is 5.75 Å². The van der Waals surface area contributed by atoms with E-state index in [1.165, 1.54) is 36.1 Å². The maximum Gasteiger partial charge on any atom is 0.262 e. The van der Waals surface area contributed by atoms with Crippen molar-refractivity contribution in [3.63, 3.8) is 0 Å². The van der Waals surface area contributed by atoms with E-state index >= 15 is 0 Å². The molecule has 1 unspecified atom stereocenters. The number of nitrogens with one attached hydrogen (secondary N) is 2. The first kappa shape index (κ1) is 18.0. The van der Waals surface area contributed by atoms with Gasteiger partial charge in [0, 0.05) is 6.04 Å². The topological polar surface area (TPSA) is 84.5 Å². The van der Waals surface area contributed by atoms with E-state index in [1.54, 1.807) is 6.07 Å². The number of ether oxygens (including phenoxy) is 1. The molecule has 0 aromatic heterocycles. The number of hydrogen-bond acceptors (Lipinski definition) is 4. The Bertz CT molecular complexity index is 1000. The summed E-state index contributed by atoms with van der Waals surface area (Å²) in [5, 5.41) is 2.64. The summed E-state index contributed by atoms with van der Waals surface area (Å²) in [6.07, 6.45) is 4.54. The van der Waals surface area contributed by atoms with Crippen LogP contribution in [-0.2, 0) is 27.7 Å². The summed E-state index contributed by atoms with van der Waals surface area (Å²) in [4.78, 5) is 11.6. The summed E-state index contributed by atoms with van der Waals surface area (Å²) in [6, 6.07) is 10.3. The quantitative estimate of drug-likeness (QED) is 0.846. The number of hydrogen-bond donors (Lipinski definition) is 2. The highest BCUT2D eigenvalue weighted by molar-refractivity contribution is 7.89. The van der Waals surface area contributed by atoms with Crippen LogP contribution in [0.1, 0.15) is 42.5 Å². The molecule has 1 atom stereocenters. The predicted molar refractivity (Wildman–Crippen MR) is 102 cm³/mol. The molecule has 2 aromatic carbocycles. The number of anilines is 1.